The number of carbonyl (C=O) groups is 1. The van der Waals surface area contributed by atoms with Crippen LogP contribution in [-0.2, 0) is 6.18 Å². The molecule has 0 radical (unpaired) electrons. The third kappa shape index (κ3) is 3.54. The normalized spacial score (nSPS) is 11.8. The summed E-state index contributed by atoms with van der Waals surface area (Å²) in [5.74, 6) is -0.479. The molecule has 0 unspecified atom stereocenters. The van der Waals surface area contributed by atoms with Crippen LogP contribution >= 0.6 is 0 Å². The average Bonchev–Trinajstić information content (AvgIpc) is 2.45. The van der Waals surface area contributed by atoms with Gasteiger partial charge in [-0.2, -0.15) is 13.2 Å². The lowest BCUT2D eigenvalue weighted by molar-refractivity contribution is -0.137. The summed E-state index contributed by atoms with van der Waals surface area (Å²) in [5, 5.41) is 0. The highest BCUT2D eigenvalue weighted by Gasteiger charge is 2.30. The van der Waals surface area contributed by atoms with E-state index in [0.717, 1.165) is 17.7 Å². The van der Waals surface area contributed by atoms with Gasteiger partial charge in [-0.1, -0.05) is 18.2 Å². The van der Waals surface area contributed by atoms with E-state index in [4.69, 9.17) is 0 Å². The smallest absolute Gasteiger partial charge is 0.289 e. The maximum absolute atomic E-state index is 12.5. The van der Waals surface area contributed by atoms with Gasteiger partial charge >= 0.3 is 6.18 Å². The summed E-state index contributed by atoms with van der Waals surface area (Å²) >= 11 is 0. The van der Waals surface area contributed by atoms with E-state index in [-0.39, 0.29) is 5.56 Å². The Morgan fingerprint density at radius 1 is 1.10 bits per heavy atom. The minimum absolute atomic E-state index is 0.00475. The number of benzene rings is 1. The first-order valence-corrected chi connectivity index (χ1v) is 5.76. The largest absolute Gasteiger partial charge is 0.416 e. The highest BCUT2D eigenvalue weighted by molar-refractivity contribution is 6.06. The first-order chi connectivity index (χ1) is 9.47. The van der Waals surface area contributed by atoms with Crippen LogP contribution in [0.5, 0.6) is 0 Å². The number of nitrogens with zero attached hydrogens (tertiary/aromatic N) is 1. The molecule has 0 aliphatic carbocycles. The minimum Gasteiger partial charge on any atom is -0.289 e. The maximum atomic E-state index is 12.5. The summed E-state index contributed by atoms with van der Waals surface area (Å²) in [5.41, 5.74) is -0.0777. The molecule has 2 rings (SSSR count). The quantitative estimate of drug-likeness (QED) is 0.627. The predicted molar refractivity (Wildman–Crippen MR) is 69.0 cm³/mol. The number of rotatable bonds is 3. The molecule has 0 spiro atoms. The van der Waals surface area contributed by atoms with E-state index >= 15 is 0 Å². The van der Waals surface area contributed by atoms with Crippen LogP contribution in [-0.4, -0.2) is 10.8 Å². The fourth-order valence-electron chi connectivity index (χ4n) is 1.59. The molecule has 0 atom stereocenters. The van der Waals surface area contributed by atoms with Gasteiger partial charge in [0, 0.05) is 18.0 Å². The lowest BCUT2D eigenvalue weighted by Crippen LogP contribution is -2.06. The molecule has 0 aliphatic heterocycles. The number of aromatic nitrogens is 1. The van der Waals surface area contributed by atoms with Crippen molar-refractivity contribution in [2.24, 2.45) is 0 Å². The molecule has 0 N–H and O–H groups in total. The fourth-order valence-corrected chi connectivity index (χ4v) is 1.59. The molecule has 0 aliphatic rings. The molecule has 0 saturated heterocycles. The van der Waals surface area contributed by atoms with Crippen LogP contribution in [0.4, 0.5) is 13.2 Å². The van der Waals surface area contributed by atoms with Crippen molar-refractivity contribution in [2.75, 3.05) is 0 Å². The predicted octanol–water partition coefficient (Wildman–Crippen LogP) is 4.00. The second-order valence-electron chi connectivity index (χ2n) is 4.06. The standard InChI is InChI=1S/C15H10F3NO/c16-15(17,18)13-3-1-2-12(10-13)14(20)5-4-11-6-8-19-9-7-11/h1-10H/b5-4+. The van der Waals surface area contributed by atoms with Gasteiger partial charge in [-0.25, -0.2) is 0 Å². The van der Waals surface area contributed by atoms with Crippen LogP contribution in [0.2, 0.25) is 0 Å². The summed E-state index contributed by atoms with van der Waals surface area (Å²) in [7, 11) is 0. The van der Waals surface area contributed by atoms with Gasteiger partial charge in [0.2, 0.25) is 0 Å². The third-order valence-corrected chi connectivity index (χ3v) is 2.61. The SMILES string of the molecule is O=C(/C=C/c1ccncc1)c1cccc(C(F)(F)F)c1. The first-order valence-electron chi connectivity index (χ1n) is 5.76. The van der Waals surface area contributed by atoms with Crippen LogP contribution in [0.15, 0.2) is 54.9 Å². The van der Waals surface area contributed by atoms with E-state index in [1.54, 1.807) is 24.5 Å². The molecule has 0 bridgehead atoms. The molecule has 2 nitrogen and oxygen atoms in total. The molecular formula is C15H10F3NO. The van der Waals surface area contributed by atoms with Crippen LogP contribution in [0.3, 0.4) is 0 Å². The molecule has 5 heteroatoms. The van der Waals surface area contributed by atoms with Gasteiger partial charge in [0.15, 0.2) is 5.78 Å². The monoisotopic (exact) mass is 277 g/mol. The highest BCUT2D eigenvalue weighted by Crippen LogP contribution is 2.29. The van der Waals surface area contributed by atoms with Crippen LogP contribution < -0.4 is 0 Å². The Morgan fingerprint density at radius 3 is 2.45 bits per heavy atom. The Balaban J connectivity index is 2.20. The molecule has 1 aromatic carbocycles. The van der Waals surface area contributed by atoms with Crippen molar-refractivity contribution < 1.29 is 18.0 Å². The topological polar surface area (TPSA) is 30.0 Å². The van der Waals surface area contributed by atoms with E-state index in [1.807, 2.05) is 0 Å². The molecule has 102 valence electrons. The maximum Gasteiger partial charge on any atom is 0.416 e. The molecule has 20 heavy (non-hydrogen) atoms. The van der Waals surface area contributed by atoms with Gasteiger partial charge in [-0.3, -0.25) is 9.78 Å². The van der Waals surface area contributed by atoms with Gasteiger partial charge < -0.3 is 0 Å². The molecule has 1 heterocycles. The summed E-state index contributed by atoms with van der Waals surface area (Å²) in [6, 6.07) is 7.74. The van der Waals surface area contributed by atoms with Crippen molar-refractivity contribution in [3.63, 3.8) is 0 Å². The summed E-state index contributed by atoms with van der Waals surface area (Å²) in [4.78, 5) is 15.7. The Bertz CT molecular complexity index is 633. The molecule has 0 fully saturated rings. The molecule has 1 aromatic heterocycles. The number of alkyl halides is 3. The zero-order valence-corrected chi connectivity index (χ0v) is 10.3. The van der Waals surface area contributed by atoms with Crippen molar-refractivity contribution in [1.82, 2.24) is 4.98 Å². The van der Waals surface area contributed by atoms with Gasteiger partial charge in [0.1, 0.15) is 0 Å². The van der Waals surface area contributed by atoms with Crippen LogP contribution in [0.1, 0.15) is 21.5 Å². The van der Waals surface area contributed by atoms with Crippen molar-refractivity contribution >= 4 is 11.9 Å². The van der Waals surface area contributed by atoms with E-state index in [2.05, 4.69) is 4.98 Å². The minimum atomic E-state index is -4.45. The summed E-state index contributed by atoms with van der Waals surface area (Å²) in [6.45, 7) is 0. The van der Waals surface area contributed by atoms with E-state index in [0.29, 0.717) is 0 Å². The number of allylic oxidation sites excluding steroid dienone is 1. The van der Waals surface area contributed by atoms with Gasteiger partial charge in [0.05, 0.1) is 5.56 Å². The number of hydrogen-bond donors (Lipinski definition) is 0. The zero-order valence-electron chi connectivity index (χ0n) is 10.3. The fraction of sp³-hybridized carbons (Fsp3) is 0.0667. The van der Waals surface area contributed by atoms with Gasteiger partial charge in [0.25, 0.3) is 0 Å². The van der Waals surface area contributed by atoms with Gasteiger partial charge in [-0.05, 0) is 35.9 Å². The lowest BCUT2D eigenvalue weighted by Gasteiger charge is -2.07. The number of carbonyl (C=O) groups excluding carboxylic acids is 1. The first kappa shape index (κ1) is 14.0. The second kappa shape index (κ2) is 5.69. The Morgan fingerprint density at radius 2 is 1.80 bits per heavy atom. The zero-order chi connectivity index (χ0) is 14.6. The summed E-state index contributed by atoms with van der Waals surface area (Å²) in [6.07, 6.45) is 1.45. The van der Waals surface area contributed by atoms with Crippen molar-refractivity contribution in [1.29, 1.82) is 0 Å². The van der Waals surface area contributed by atoms with Crippen molar-refractivity contribution in [2.45, 2.75) is 6.18 Å². The lowest BCUT2D eigenvalue weighted by atomic mass is 10.1. The number of hydrogen-bond acceptors (Lipinski definition) is 2. The summed E-state index contributed by atoms with van der Waals surface area (Å²) < 4.78 is 37.6. The molecular weight excluding hydrogens is 267 g/mol. The second-order valence-corrected chi connectivity index (χ2v) is 4.06. The molecule has 0 saturated carbocycles. The number of halogens is 3. The highest BCUT2D eigenvalue weighted by atomic mass is 19.4. The molecule has 0 amide bonds. The van der Waals surface area contributed by atoms with Crippen LogP contribution in [0, 0.1) is 0 Å². The van der Waals surface area contributed by atoms with E-state index < -0.39 is 17.5 Å². The molecule has 2 aromatic rings. The Kier molecular flexibility index (Phi) is 3.98. The number of pyridine rings is 1. The van der Waals surface area contributed by atoms with Crippen LogP contribution in [0.25, 0.3) is 6.08 Å². The van der Waals surface area contributed by atoms with E-state index in [1.165, 1.54) is 24.3 Å². The Hall–Kier alpha value is -2.43. The van der Waals surface area contributed by atoms with Gasteiger partial charge in [-0.15, -0.1) is 0 Å². The van der Waals surface area contributed by atoms with Crippen molar-refractivity contribution in [3.05, 3.63) is 71.6 Å². The van der Waals surface area contributed by atoms with Crippen molar-refractivity contribution in [3.8, 4) is 0 Å². The average molecular weight is 277 g/mol. The Labute approximate surface area is 113 Å². The van der Waals surface area contributed by atoms with E-state index in [9.17, 15) is 18.0 Å². The number of ketones is 1. The third-order valence-electron chi connectivity index (χ3n) is 2.61.